The number of hydrogen-bond acceptors (Lipinski definition) is 5. The zero-order valence-corrected chi connectivity index (χ0v) is 25.8. The first-order chi connectivity index (χ1) is 21.2. The van der Waals surface area contributed by atoms with Crippen LogP contribution in [-0.4, -0.2) is 75.8 Å². The Morgan fingerprint density at radius 3 is 2.27 bits per heavy atom. The zero-order chi connectivity index (χ0) is 31.0. The van der Waals surface area contributed by atoms with Gasteiger partial charge in [-0.2, -0.15) is 5.10 Å². The average molecular weight is 612 g/mol. The van der Waals surface area contributed by atoms with E-state index < -0.39 is 0 Å². The van der Waals surface area contributed by atoms with E-state index in [-0.39, 0.29) is 41.1 Å². The SMILES string of the molecule is CC(=O)N1CCN(C(=O)CN2C(=O)CS[C@H](c3ccc(F)cc3)c3c(-c4ccccc4)nn(-c4ccc(C)cc4C)c32)CC1. The molecule has 44 heavy (non-hydrogen) atoms. The normalized spacial score (nSPS) is 17.0. The van der Waals surface area contributed by atoms with E-state index in [9.17, 15) is 18.8 Å². The van der Waals surface area contributed by atoms with Crippen molar-refractivity contribution in [1.29, 1.82) is 0 Å². The van der Waals surface area contributed by atoms with E-state index in [1.54, 1.807) is 31.5 Å². The van der Waals surface area contributed by atoms with Crippen molar-refractivity contribution in [3.05, 3.63) is 101 Å². The Hall–Kier alpha value is -4.44. The molecular weight excluding hydrogens is 577 g/mol. The van der Waals surface area contributed by atoms with Crippen LogP contribution in [0.15, 0.2) is 72.8 Å². The number of fused-ring (bicyclic) bond motifs is 1. The van der Waals surface area contributed by atoms with Gasteiger partial charge in [-0.3, -0.25) is 19.3 Å². The van der Waals surface area contributed by atoms with E-state index in [4.69, 9.17) is 5.10 Å². The minimum Gasteiger partial charge on any atom is -0.339 e. The van der Waals surface area contributed by atoms with E-state index in [0.29, 0.717) is 37.7 Å². The second-order valence-electron chi connectivity index (χ2n) is 11.3. The lowest BCUT2D eigenvalue weighted by Crippen LogP contribution is -2.53. The maximum absolute atomic E-state index is 14.0. The first-order valence-corrected chi connectivity index (χ1v) is 15.7. The van der Waals surface area contributed by atoms with Gasteiger partial charge < -0.3 is 9.80 Å². The summed E-state index contributed by atoms with van der Waals surface area (Å²) < 4.78 is 15.8. The summed E-state index contributed by atoms with van der Waals surface area (Å²) in [6.45, 7) is 7.14. The van der Waals surface area contributed by atoms with Crippen molar-refractivity contribution >= 4 is 35.3 Å². The Bertz CT molecular complexity index is 1710. The van der Waals surface area contributed by atoms with Gasteiger partial charge in [0.1, 0.15) is 18.2 Å². The molecule has 226 valence electrons. The Morgan fingerprint density at radius 1 is 0.932 bits per heavy atom. The maximum Gasteiger partial charge on any atom is 0.242 e. The highest BCUT2D eigenvalue weighted by Gasteiger charge is 2.38. The van der Waals surface area contributed by atoms with Gasteiger partial charge in [0.25, 0.3) is 0 Å². The van der Waals surface area contributed by atoms with Crippen LogP contribution in [0.3, 0.4) is 0 Å². The number of aromatic nitrogens is 2. The third kappa shape index (κ3) is 5.74. The average Bonchev–Trinajstić information content (AvgIpc) is 3.34. The maximum atomic E-state index is 14.0. The lowest BCUT2D eigenvalue weighted by molar-refractivity contribution is -0.137. The fraction of sp³-hybridized carbons (Fsp3) is 0.294. The molecule has 3 heterocycles. The molecule has 0 radical (unpaired) electrons. The topological polar surface area (TPSA) is 78.8 Å². The third-order valence-corrected chi connectivity index (χ3v) is 9.52. The Labute approximate surface area is 260 Å². The zero-order valence-electron chi connectivity index (χ0n) is 25.0. The Balaban J connectivity index is 1.53. The highest BCUT2D eigenvalue weighted by Crippen LogP contribution is 2.48. The van der Waals surface area contributed by atoms with Crippen LogP contribution in [0.2, 0.25) is 0 Å². The highest BCUT2D eigenvalue weighted by molar-refractivity contribution is 8.00. The standard InChI is InChI=1S/C34H34FN5O3S/c1-22-9-14-28(23(2)19-22)40-34-31(32(36-40)25-7-5-4-6-8-25)33(26-10-12-27(35)13-11-26)44-21-30(43)39(34)20-29(42)38-17-15-37(16-18-38)24(3)41/h4-14,19,33H,15-18,20-21H2,1-3H3/t33-/m1/s1. The van der Waals surface area contributed by atoms with Gasteiger partial charge in [0.2, 0.25) is 17.7 Å². The minimum absolute atomic E-state index is 0.0147. The molecular formula is C34H34FN5O3S. The molecule has 3 amide bonds. The first kappa shape index (κ1) is 29.6. The van der Waals surface area contributed by atoms with Crippen LogP contribution in [0.4, 0.5) is 10.2 Å². The second kappa shape index (κ2) is 12.3. The number of halogens is 1. The number of amides is 3. The summed E-state index contributed by atoms with van der Waals surface area (Å²) in [7, 11) is 0. The molecule has 6 rings (SSSR count). The van der Waals surface area contributed by atoms with Gasteiger partial charge in [-0.1, -0.05) is 60.2 Å². The summed E-state index contributed by atoms with van der Waals surface area (Å²) in [6.07, 6.45) is 0. The number of aryl methyl sites for hydroxylation is 2. The molecule has 0 N–H and O–H groups in total. The highest BCUT2D eigenvalue weighted by atomic mass is 32.2. The van der Waals surface area contributed by atoms with Crippen molar-refractivity contribution < 1.29 is 18.8 Å². The van der Waals surface area contributed by atoms with Crippen LogP contribution in [-0.2, 0) is 14.4 Å². The number of benzene rings is 3. The molecule has 10 heteroatoms. The molecule has 4 aromatic rings. The summed E-state index contributed by atoms with van der Waals surface area (Å²) in [4.78, 5) is 44.7. The largest absolute Gasteiger partial charge is 0.339 e. The summed E-state index contributed by atoms with van der Waals surface area (Å²) in [5.41, 5.74) is 6.10. The van der Waals surface area contributed by atoms with Crippen LogP contribution < -0.4 is 4.90 Å². The van der Waals surface area contributed by atoms with Crippen LogP contribution >= 0.6 is 11.8 Å². The van der Waals surface area contributed by atoms with Crippen LogP contribution in [0, 0.1) is 19.7 Å². The van der Waals surface area contributed by atoms with Crippen molar-refractivity contribution in [1.82, 2.24) is 19.6 Å². The summed E-state index contributed by atoms with van der Waals surface area (Å²) in [5.74, 6) is -0.0806. The van der Waals surface area contributed by atoms with Gasteiger partial charge in [-0.05, 0) is 43.2 Å². The van der Waals surface area contributed by atoms with E-state index in [1.807, 2.05) is 56.3 Å². The van der Waals surface area contributed by atoms with Crippen LogP contribution in [0.5, 0.6) is 0 Å². The molecule has 0 spiro atoms. The number of nitrogens with zero attached hydrogens (tertiary/aromatic N) is 5. The molecule has 2 aliphatic rings. The molecule has 2 aliphatic heterocycles. The van der Waals surface area contributed by atoms with Gasteiger partial charge in [0.05, 0.1) is 22.4 Å². The van der Waals surface area contributed by atoms with Gasteiger partial charge in [-0.15, -0.1) is 11.8 Å². The third-order valence-electron chi connectivity index (χ3n) is 8.26. The van der Waals surface area contributed by atoms with Crippen molar-refractivity contribution in [3.63, 3.8) is 0 Å². The summed E-state index contributed by atoms with van der Waals surface area (Å²) >= 11 is 1.45. The van der Waals surface area contributed by atoms with Crippen LogP contribution in [0.1, 0.15) is 34.4 Å². The number of thioether (sulfide) groups is 1. The fourth-order valence-electron chi connectivity index (χ4n) is 5.95. The predicted molar refractivity (Wildman–Crippen MR) is 170 cm³/mol. The Morgan fingerprint density at radius 2 is 1.61 bits per heavy atom. The molecule has 1 aromatic heterocycles. The molecule has 0 unspecified atom stereocenters. The lowest BCUT2D eigenvalue weighted by atomic mass is 9.99. The number of hydrogen-bond donors (Lipinski definition) is 0. The lowest BCUT2D eigenvalue weighted by Gasteiger charge is -2.35. The van der Waals surface area contributed by atoms with Crippen molar-refractivity contribution in [2.24, 2.45) is 0 Å². The molecule has 0 bridgehead atoms. The number of piperazine rings is 1. The molecule has 1 fully saturated rings. The number of anilines is 1. The predicted octanol–water partition coefficient (Wildman–Crippen LogP) is 5.16. The van der Waals surface area contributed by atoms with E-state index in [2.05, 4.69) is 6.07 Å². The van der Waals surface area contributed by atoms with Crippen LogP contribution in [0.25, 0.3) is 16.9 Å². The molecule has 1 atom stereocenters. The quantitative estimate of drug-likeness (QED) is 0.312. The number of carbonyl (C=O) groups excluding carboxylic acids is 3. The minimum atomic E-state index is -0.344. The van der Waals surface area contributed by atoms with Gasteiger partial charge in [-0.25, -0.2) is 9.07 Å². The molecule has 1 saturated heterocycles. The number of carbonyl (C=O) groups is 3. The molecule has 0 aliphatic carbocycles. The second-order valence-corrected chi connectivity index (χ2v) is 12.4. The summed E-state index contributed by atoms with van der Waals surface area (Å²) in [6, 6.07) is 22.2. The molecule has 8 nitrogen and oxygen atoms in total. The monoisotopic (exact) mass is 611 g/mol. The van der Waals surface area contributed by atoms with Crippen molar-refractivity contribution in [2.45, 2.75) is 26.0 Å². The van der Waals surface area contributed by atoms with Crippen molar-refractivity contribution in [3.8, 4) is 16.9 Å². The van der Waals surface area contributed by atoms with Crippen molar-refractivity contribution in [2.75, 3.05) is 43.4 Å². The van der Waals surface area contributed by atoms with Gasteiger partial charge >= 0.3 is 0 Å². The van der Waals surface area contributed by atoms with Gasteiger partial charge in [0.15, 0.2) is 0 Å². The number of rotatable bonds is 5. The molecule has 0 saturated carbocycles. The fourth-order valence-corrected chi connectivity index (χ4v) is 7.14. The smallest absolute Gasteiger partial charge is 0.242 e. The van der Waals surface area contributed by atoms with Gasteiger partial charge in [0, 0.05) is 44.2 Å². The first-order valence-electron chi connectivity index (χ1n) is 14.7. The van der Waals surface area contributed by atoms with E-state index in [0.717, 1.165) is 33.5 Å². The molecule has 3 aromatic carbocycles. The van der Waals surface area contributed by atoms with E-state index >= 15 is 0 Å². The summed E-state index contributed by atoms with van der Waals surface area (Å²) in [5, 5.41) is 4.81. The van der Waals surface area contributed by atoms with E-state index in [1.165, 1.54) is 30.8 Å². The Kier molecular flexibility index (Phi) is 8.27.